The van der Waals surface area contributed by atoms with Crippen LogP contribution < -0.4 is 5.32 Å². The Hall–Kier alpha value is -0.490. The fourth-order valence-corrected chi connectivity index (χ4v) is 3.90. The first-order chi connectivity index (χ1) is 8.84. The number of hydrogen-bond acceptors (Lipinski definition) is 5. The highest BCUT2D eigenvalue weighted by Gasteiger charge is 2.25. The molecule has 4 nitrogen and oxygen atoms in total. The van der Waals surface area contributed by atoms with E-state index in [4.69, 9.17) is 14.5 Å². The quantitative estimate of drug-likeness (QED) is 0.891. The van der Waals surface area contributed by atoms with E-state index in [1.807, 2.05) is 11.3 Å². The summed E-state index contributed by atoms with van der Waals surface area (Å²) in [6, 6.07) is 0.338. The van der Waals surface area contributed by atoms with E-state index < -0.39 is 0 Å². The molecular weight excluding hydrogens is 248 g/mol. The first kappa shape index (κ1) is 12.5. The van der Waals surface area contributed by atoms with Crippen molar-refractivity contribution < 1.29 is 9.47 Å². The van der Waals surface area contributed by atoms with Crippen molar-refractivity contribution >= 4 is 11.3 Å². The molecule has 1 unspecified atom stereocenters. The van der Waals surface area contributed by atoms with Gasteiger partial charge in [-0.05, 0) is 19.8 Å². The third kappa shape index (κ3) is 2.59. The molecule has 0 amide bonds. The number of ether oxygens (including phenoxy) is 2. The van der Waals surface area contributed by atoms with Gasteiger partial charge in [-0.2, -0.15) is 0 Å². The molecule has 5 heteroatoms. The van der Waals surface area contributed by atoms with Gasteiger partial charge in [0.1, 0.15) is 0 Å². The van der Waals surface area contributed by atoms with Crippen LogP contribution in [0.1, 0.15) is 40.4 Å². The summed E-state index contributed by atoms with van der Waals surface area (Å²) in [6.45, 7) is 6.41. The minimum Gasteiger partial charge on any atom is -0.381 e. The topological polar surface area (TPSA) is 43.4 Å². The Balaban J connectivity index is 1.76. The van der Waals surface area contributed by atoms with E-state index in [2.05, 4.69) is 12.2 Å². The average molecular weight is 268 g/mol. The third-order valence-corrected chi connectivity index (χ3v) is 5.09. The second-order valence-electron chi connectivity index (χ2n) is 4.97. The SMILES string of the molecule is Cc1nc(C2CCOCC2)sc1C1COCCN1. The van der Waals surface area contributed by atoms with Gasteiger partial charge < -0.3 is 14.8 Å². The molecule has 2 fully saturated rings. The second kappa shape index (κ2) is 5.65. The van der Waals surface area contributed by atoms with Gasteiger partial charge in [-0.15, -0.1) is 11.3 Å². The zero-order chi connectivity index (χ0) is 12.4. The highest BCUT2D eigenvalue weighted by atomic mass is 32.1. The second-order valence-corrected chi connectivity index (χ2v) is 6.03. The van der Waals surface area contributed by atoms with Crippen LogP contribution >= 0.6 is 11.3 Å². The van der Waals surface area contributed by atoms with Crippen LogP contribution in [0.4, 0.5) is 0 Å². The van der Waals surface area contributed by atoms with Gasteiger partial charge in [0.2, 0.25) is 0 Å². The van der Waals surface area contributed by atoms with Crippen molar-refractivity contribution in [1.29, 1.82) is 0 Å². The Labute approximate surface area is 112 Å². The zero-order valence-electron chi connectivity index (χ0n) is 10.8. The highest BCUT2D eigenvalue weighted by Crippen LogP contribution is 2.34. The number of thiazole rings is 1. The van der Waals surface area contributed by atoms with Crippen LogP contribution in [0.2, 0.25) is 0 Å². The van der Waals surface area contributed by atoms with Crippen LogP contribution in [-0.4, -0.2) is 38.0 Å². The molecule has 0 aromatic carbocycles. The summed E-state index contributed by atoms with van der Waals surface area (Å²) in [5, 5.41) is 4.80. The molecule has 0 saturated carbocycles. The summed E-state index contributed by atoms with van der Waals surface area (Å²) >= 11 is 1.86. The lowest BCUT2D eigenvalue weighted by molar-refractivity contribution is 0.0777. The minimum absolute atomic E-state index is 0.338. The molecule has 0 radical (unpaired) electrons. The fraction of sp³-hybridized carbons (Fsp3) is 0.769. The van der Waals surface area contributed by atoms with Crippen molar-refractivity contribution in [2.24, 2.45) is 0 Å². The van der Waals surface area contributed by atoms with Gasteiger partial charge in [-0.25, -0.2) is 4.98 Å². The average Bonchev–Trinajstić information content (AvgIpc) is 2.83. The number of nitrogens with one attached hydrogen (secondary N) is 1. The van der Waals surface area contributed by atoms with Crippen LogP contribution in [0.3, 0.4) is 0 Å². The van der Waals surface area contributed by atoms with E-state index in [1.54, 1.807) is 0 Å². The number of morpholine rings is 1. The Morgan fingerprint density at radius 2 is 2.06 bits per heavy atom. The first-order valence-corrected chi connectivity index (χ1v) is 7.52. The van der Waals surface area contributed by atoms with Gasteiger partial charge in [-0.1, -0.05) is 0 Å². The predicted octanol–water partition coefficient (Wildman–Crippen LogP) is 2.01. The molecular formula is C13H20N2O2S. The number of rotatable bonds is 2. The molecule has 2 aliphatic rings. The van der Waals surface area contributed by atoms with Gasteiger partial charge in [0.15, 0.2) is 0 Å². The maximum Gasteiger partial charge on any atom is 0.0964 e. The van der Waals surface area contributed by atoms with Crippen molar-refractivity contribution in [3.63, 3.8) is 0 Å². The molecule has 1 aromatic rings. The van der Waals surface area contributed by atoms with Gasteiger partial charge in [0.05, 0.1) is 30.0 Å². The molecule has 18 heavy (non-hydrogen) atoms. The molecule has 0 spiro atoms. The molecule has 3 heterocycles. The van der Waals surface area contributed by atoms with Gasteiger partial charge >= 0.3 is 0 Å². The number of hydrogen-bond donors (Lipinski definition) is 1. The van der Waals surface area contributed by atoms with E-state index >= 15 is 0 Å². The van der Waals surface area contributed by atoms with E-state index in [-0.39, 0.29) is 0 Å². The maximum absolute atomic E-state index is 5.54. The van der Waals surface area contributed by atoms with E-state index in [9.17, 15) is 0 Å². The zero-order valence-corrected chi connectivity index (χ0v) is 11.6. The van der Waals surface area contributed by atoms with Crippen molar-refractivity contribution in [2.75, 3.05) is 33.0 Å². The fourth-order valence-electron chi connectivity index (χ4n) is 2.61. The molecule has 1 atom stereocenters. The summed E-state index contributed by atoms with van der Waals surface area (Å²) in [5.74, 6) is 0.598. The number of aryl methyl sites for hydroxylation is 1. The molecule has 2 saturated heterocycles. The monoisotopic (exact) mass is 268 g/mol. The Bertz CT molecular complexity index is 396. The van der Waals surface area contributed by atoms with Crippen LogP contribution in [-0.2, 0) is 9.47 Å². The number of aromatic nitrogens is 1. The molecule has 0 aliphatic carbocycles. The summed E-state index contributed by atoms with van der Waals surface area (Å²) in [7, 11) is 0. The van der Waals surface area contributed by atoms with Crippen LogP contribution in [0.5, 0.6) is 0 Å². The molecule has 100 valence electrons. The minimum atomic E-state index is 0.338. The van der Waals surface area contributed by atoms with Gasteiger partial charge in [0.25, 0.3) is 0 Å². The lowest BCUT2D eigenvalue weighted by Crippen LogP contribution is -2.34. The smallest absolute Gasteiger partial charge is 0.0964 e. The summed E-state index contributed by atoms with van der Waals surface area (Å²) in [4.78, 5) is 6.13. The molecule has 1 N–H and O–H groups in total. The Morgan fingerprint density at radius 1 is 1.22 bits per heavy atom. The molecule has 1 aromatic heterocycles. The first-order valence-electron chi connectivity index (χ1n) is 6.70. The highest BCUT2D eigenvalue weighted by molar-refractivity contribution is 7.11. The largest absolute Gasteiger partial charge is 0.381 e. The van der Waals surface area contributed by atoms with E-state index in [1.165, 1.54) is 15.6 Å². The molecule has 2 aliphatic heterocycles. The standard InChI is InChI=1S/C13H20N2O2S/c1-9-12(11-8-17-7-4-14-11)18-13(15-9)10-2-5-16-6-3-10/h10-11,14H,2-8H2,1H3. The summed E-state index contributed by atoms with van der Waals surface area (Å²) in [5.41, 5.74) is 1.17. The predicted molar refractivity (Wildman–Crippen MR) is 71.2 cm³/mol. The maximum atomic E-state index is 5.54. The van der Waals surface area contributed by atoms with Crippen LogP contribution in [0, 0.1) is 6.92 Å². The van der Waals surface area contributed by atoms with Crippen LogP contribution in [0.15, 0.2) is 0 Å². The lowest BCUT2D eigenvalue weighted by Gasteiger charge is -2.23. The molecule has 0 bridgehead atoms. The van der Waals surface area contributed by atoms with Crippen molar-refractivity contribution in [3.05, 3.63) is 15.6 Å². The lowest BCUT2D eigenvalue weighted by atomic mass is 10.0. The molecule has 3 rings (SSSR count). The Kier molecular flexibility index (Phi) is 3.94. The van der Waals surface area contributed by atoms with Crippen molar-refractivity contribution in [3.8, 4) is 0 Å². The summed E-state index contributed by atoms with van der Waals surface area (Å²) in [6.07, 6.45) is 2.22. The van der Waals surface area contributed by atoms with Gasteiger partial charge in [-0.3, -0.25) is 0 Å². The van der Waals surface area contributed by atoms with E-state index in [0.717, 1.165) is 45.8 Å². The van der Waals surface area contributed by atoms with Gasteiger partial charge in [0, 0.05) is 30.6 Å². The van der Waals surface area contributed by atoms with Crippen molar-refractivity contribution in [2.45, 2.75) is 31.7 Å². The summed E-state index contributed by atoms with van der Waals surface area (Å²) < 4.78 is 11.0. The Morgan fingerprint density at radius 3 is 2.78 bits per heavy atom. The van der Waals surface area contributed by atoms with E-state index in [0.29, 0.717) is 12.0 Å². The normalized spacial score (nSPS) is 26.4. The number of nitrogens with zero attached hydrogens (tertiary/aromatic N) is 1. The van der Waals surface area contributed by atoms with Crippen LogP contribution in [0.25, 0.3) is 0 Å². The third-order valence-electron chi connectivity index (χ3n) is 3.66. The van der Waals surface area contributed by atoms with Crippen molar-refractivity contribution in [1.82, 2.24) is 10.3 Å².